The van der Waals surface area contributed by atoms with E-state index in [0.29, 0.717) is 17.5 Å². The molecule has 1 N–H and O–H groups in total. The van der Waals surface area contributed by atoms with E-state index in [-0.39, 0.29) is 5.91 Å². The highest BCUT2D eigenvalue weighted by Gasteiger charge is 2.22. The van der Waals surface area contributed by atoms with Crippen LogP contribution in [0, 0.1) is 6.92 Å². The van der Waals surface area contributed by atoms with Crippen molar-refractivity contribution in [2.75, 3.05) is 0 Å². The van der Waals surface area contributed by atoms with Gasteiger partial charge in [-0.3, -0.25) is 4.79 Å². The van der Waals surface area contributed by atoms with Crippen molar-refractivity contribution in [2.24, 2.45) is 0 Å². The van der Waals surface area contributed by atoms with Gasteiger partial charge in [0.15, 0.2) is 5.76 Å². The number of aromatic nitrogens is 2. The Labute approximate surface area is 146 Å². The van der Waals surface area contributed by atoms with Gasteiger partial charge in [-0.15, -0.1) is 0 Å². The number of amides is 1. The molecule has 0 radical (unpaired) electrons. The largest absolute Gasteiger partial charge is 0.460 e. The van der Waals surface area contributed by atoms with Crippen LogP contribution in [0.2, 0.25) is 0 Å². The number of carbonyl (C=O) groups is 1. The topological polar surface area (TPSA) is 60.1 Å². The van der Waals surface area contributed by atoms with Crippen LogP contribution in [-0.2, 0) is 4.79 Å². The van der Waals surface area contributed by atoms with E-state index in [1.807, 2.05) is 55.6 Å². The molecule has 0 atom stereocenters. The Bertz CT molecular complexity index is 918. The Morgan fingerprint density at radius 1 is 1.24 bits per heavy atom. The molecule has 2 aromatic heterocycles. The van der Waals surface area contributed by atoms with Crippen LogP contribution < -0.4 is 5.32 Å². The average Bonchev–Trinajstić information content (AvgIpc) is 3.16. The van der Waals surface area contributed by atoms with Gasteiger partial charge < -0.3 is 9.73 Å². The first-order chi connectivity index (χ1) is 12.2. The van der Waals surface area contributed by atoms with Crippen LogP contribution in [0.25, 0.3) is 23.2 Å². The van der Waals surface area contributed by atoms with Gasteiger partial charge in [0.2, 0.25) is 5.91 Å². The number of furan rings is 1. The fourth-order valence-electron chi connectivity index (χ4n) is 2.62. The summed E-state index contributed by atoms with van der Waals surface area (Å²) in [6.07, 6.45) is 7.40. The maximum atomic E-state index is 11.9. The zero-order chi connectivity index (χ0) is 17.2. The first-order valence-corrected chi connectivity index (χ1v) is 8.39. The molecule has 0 spiro atoms. The van der Waals surface area contributed by atoms with Gasteiger partial charge in [-0.1, -0.05) is 18.2 Å². The van der Waals surface area contributed by atoms with Gasteiger partial charge in [-0.05, 0) is 50.1 Å². The summed E-state index contributed by atoms with van der Waals surface area (Å²) in [5.41, 5.74) is 2.51. The van der Waals surface area contributed by atoms with Crippen LogP contribution in [0.5, 0.6) is 0 Å². The van der Waals surface area contributed by atoms with Crippen molar-refractivity contribution >= 4 is 12.0 Å². The highest BCUT2D eigenvalue weighted by Crippen LogP contribution is 2.26. The van der Waals surface area contributed by atoms with E-state index in [1.165, 1.54) is 0 Å². The van der Waals surface area contributed by atoms with E-state index in [1.54, 1.807) is 16.8 Å². The number of rotatable bonds is 5. The molecule has 25 heavy (non-hydrogen) atoms. The van der Waals surface area contributed by atoms with Gasteiger partial charge in [0.25, 0.3) is 0 Å². The maximum absolute atomic E-state index is 11.9. The van der Waals surface area contributed by atoms with Crippen LogP contribution in [0.15, 0.2) is 59.2 Å². The number of para-hydroxylation sites is 1. The maximum Gasteiger partial charge on any atom is 0.244 e. The van der Waals surface area contributed by atoms with E-state index in [4.69, 9.17) is 4.42 Å². The molecule has 5 heteroatoms. The summed E-state index contributed by atoms with van der Waals surface area (Å²) < 4.78 is 7.53. The SMILES string of the molecule is Cc1ccc(-c2nn(-c3ccccc3)cc2C=CC(=O)NC2CC2)o1. The summed E-state index contributed by atoms with van der Waals surface area (Å²) in [5.74, 6) is 1.44. The molecule has 1 saturated carbocycles. The lowest BCUT2D eigenvalue weighted by atomic mass is 10.2. The molecule has 1 amide bonds. The molecule has 4 rings (SSSR count). The Hall–Kier alpha value is -3.08. The molecule has 2 heterocycles. The van der Waals surface area contributed by atoms with Crippen LogP contribution in [0.4, 0.5) is 0 Å². The second-order valence-electron chi connectivity index (χ2n) is 6.24. The number of nitrogens with zero attached hydrogens (tertiary/aromatic N) is 2. The molecule has 126 valence electrons. The standard InChI is InChI=1S/C20H19N3O2/c1-14-7-11-18(25-14)20-15(8-12-19(24)21-16-9-10-16)13-23(22-20)17-5-3-2-4-6-17/h2-8,11-13,16H,9-10H2,1H3,(H,21,24). The van der Waals surface area contributed by atoms with E-state index >= 15 is 0 Å². The van der Waals surface area contributed by atoms with Crippen molar-refractivity contribution in [1.82, 2.24) is 15.1 Å². The monoisotopic (exact) mass is 333 g/mol. The quantitative estimate of drug-likeness (QED) is 0.724. The van der Waals surface area contributed by atoms with Crippen LogP contribution >= 0.6 is 0 Å². The third kappa shape index (κ3) is 3.55. The Morgan fingerprint density at radius 3 is 2.72 bits per heavy atom. The summed E-state index contributed by atoms with van der Waals surface area (Å²) in [4.78, 5) is 11.9. The minimum absolute atomic E-state index is 0.0727. The van der Waals surface area contributed by atoms with Gasteiger partial charge >= 0.3 is 0 Å². The fraction of sp³-hybridized carbons (Fsp3) is 0.200. The minimum Gasteiger partial charge on any atom is -0.460 e. The summed E-state index contributed by atoms with van der Waals surface area (Å²) >= 11 is 0. The average molecular weight is 333 g/mol. The van der Waals surface area contributed by atoms with Crippen LogP contribution in [0.3, 0.4) is 0 Å². The molecule has 3 aromatic rings. The lowest BCUT2D eigenvalue weighted by Gasteiger charge is -1.98. The third-order valence-electron chi connectivity index (χ3n) is 4.08. The predicted octanol–water partition coefficient (Wildman–Crippen LogP) is 3.73. The van der Waals surface area contributed by atoms with E-state index in [9.17, 15) is 4.79 Å². The molecule has 0 saturated heterocycles. The Morgan fingerprint density at radius 2 is 2.04 bits per heavy atom. The number of aryl methyl sites for hydroxylation is 1. The third-order valence-corrected chi connectivity index (χ3v) is 4.08. The van der Waals surface area contributed by atoms with Crippen molar-refractivity contribution in [2.45, 2.75) is 25.8 Å². The number of carbonyl (C=O) groups excluding carboxylic acids is 1. The number of hydrogen-bond donors (Lipinski definition) is 1. The molecule has 1 aromatic carbocycles. The molecule has 1 aliphatic carbocycles. The van der Waals surface area contributed by atoms with Crippen molar-refractivity contribution in [3.05, 3.63) is 66.1 Å². The van der Waals surface area contributed by atoms with Gasteiger partial charge in [0, 0.05) is 23.9 Å². The first kappa shape index (κ1) is 15.4. The number of benzene rings is 1. The van der Waals surface area contributed by atoms with E-state index in [0.717, 1.165) is 29.9 Å². The highest BCUT2D eigenvalue weighted by molar-refractivity contribution is 5.93. The molecule has 5 nitrogen and oxygen atoms in total. The smallest absolute Gasteiger partial charge is 0.244 e. The minimum atomic E-state index is -0.0727. The molecule has 1 aliphatic rings. The second-order valence-corrected chi connectivity index (χ2v) is 6.24. The molecule has 0 unspecified atom stereocenters. The summed E-state index contributed by atoms with van der Waals surface area (Å²) in [6.45, 7) is 1.90. The lowest BCUT2D eigenvalue weighted by molar-refractivity contribution is -0.116. The zero-order valence-electron chi connectivity index (χ0n) is 14.0. The summed E-state index contributed by atoms with van der Waals surface area (Å²) in [5, 5.41) is 7.60. The Balaban J connectivity index is 1.68. The van der Waals surface area contributed by atoms with Gasteiger partial charge in [0.05, 0.1) is 5.69 Å². The zero-order valence-corrected chi connectivity index (χ0v) is 14.0. The van der Waals surface area contributed by atoms with Crippen molar-refractivity contribution in [3.8, 4) is 17.1 Å². The van der Waals surface area contributed by atoms with Crippen LogP contribution in [-0.4, -0.2) is 21.7 Å². The molecule has 1 fully saturated rings. The normalized spacial score (nSPS) is 14.1. The van der Waals surface area contributed by atoms with Crippen molar-refractivity contribution in [3.63, 3.8) is 0 Å². The number of nitrogens with one attached hydrogen (secondary N) is 1. The summed E-state index contributed by atoms with van der Waals surface area (Å²) in [6, 6.07) is 14.0. The van der Waals surface area contributed by atoms with Gasteiger partial charge in [0.1, 0.15) is 11.5 Å². The fourth-order valence-corrected chi connectivity index (χ4v) is 2.62. The van der Waals surface area contributed by atoms with Crippen molar-refractivity contribution in [1.29, 1.82) is 0 Å². The van der Waals surface area contributed by atoms with E-state index < -0.39 is 0 Å². The van der Waals surface area contributed by atoms with Gasteiger partial charge in [-0.25, -0.2) is 4.68 Å². The second kappa shape index (κ2) is 6.43. The van der Waals surface area contributed by atoms with Gasteiger partial charge in [-0.2, -0.15) is 5.10 Å². The van der Waals surface area contributed by atoms with Crippen LogP contribution in [0.1, 0.15) is 24.2 Å². The number of hydrogen-bond acceptors (Lipinski definition) is 3. The molecular weight excluding hydrogens is 314 g/mol. The molecule has 0 aliphatic heterocycles. The predicted molar refractivity (Wildman–Crippen MR) is 96.2 cm³/mol. The summed E-state index contributed by atoms with van der Waals surface area (Å²) in [7, 11) is 0. The first-order valence-electron chi connectivity index (χ1n) is 8.39. The lowest BCUT2D eigenvalue weighted by Crippen LogP contribution is -2.22. The molecular formula is C20H19N3O2. The Kier molecular flexibility index (Phi) is 3.98. The highest BCUT2D eigenvalue weighted by atomic mass is 16.3. The van der Waals surface area contributed by atoms with Crippen molar-refractivity contribution < 1.29 is 9.21 Å². The molecule has 0 bridgehead atoms. The van der Waals surface area contributed by atoms with E-state index in [2.05, 4.69) is 10.4 Å².